The smallest absolute Gasteiger partial charge is 0.276 e. The van der Waals surface area contributed by atoms with Crippen LogP contribution in [0.5, 0.6) is 0 Å². The van der Waals surface area contributed by atoms with E-state index < -0.39 is 31.3 Å². The Kier molecular flexibility index (Phi) is 5.85. The molecule has 1 aliphatic heterocycles. The molecule has 0 amide bonds. The van der Waals surface area contributed by atoms with Crippen molar-refractivity contribution in [3.63, 3.8) is 0 Å². The summed E-state index contributed by atoms with van der Waals surface area (Å²) >= 11 is 0. The number of nitro benzene ring substituents is 1. The number of halogens is 2. The summed E-state index contributed by atoms with van der Waals surface area (Å²) in [6.07, 6.45) is 1.32. The zero-order chi connectivity index (χ0) is 15.8. The first kappa shape index (κ1) is 18.8. The number of nitrogens with zero attached hydrogens (tertiary/aromatic N) is 2. The molecule has 1 aliphatic rings. The van der Waals surface area contributed by atoms with E-state index in [9.17, 15) is 22.9 Å². The van der Waals surface area contributed by atoms with Crippen LogP contribution >= 0.6 is 12.4 Å². The van der Waals surface area contributed by atoms with Crippen LogP contribution in [-0.4, -0.2) is 36.8 Å². The minimum absolute atomic E-state index is 0. The quantitative estimate of drug-likeness (QED) is 0.655. The van der Waals surface area contributed by atoms with Crippen LogP contribution in [0.3, 0.4) is 0 Å². The number of sulfonamides is 1. The third-order valence-electron chi connectivity index (χ3n) is 3.55. The van der Waals surface area contributed by atoms with Crippen molar-refractivity contribution in [1.82, 2.24) is 4.31 Å². The van der Waals surface area contributed by atoms with Gasteiger partial charge in [-0.1, -0.05) is 0 Å². The fourth-order valence-electron chi connectivity index (χ4n) is 2.32. The van der Waals surface area contributed by atoms with E-state index in [1.807, 2.05) is 0 Å². The standard InChI is InChI=1S/C12H16FN3O4S.ClH/c1-8-11(13)5-10(6-12(8)16(17)18)21(19,20)15-4-2-3-9(14)7-15;/h5-6,9H,2-4,7,14H2,1H3;1H. The van der Waals surface area contributed by atoms with Crippen LogP contribution in [0.15, 0.2) is 17.0 Å². The largest absolute Gasteiger partial charge is 0.327 e. The van der Waals surface area contributed by atoms with Crippen molar-refractivity contribution in [1.29, 1.82) is 0 Å². The number of rotatable bonds is 3. The van der Waals surface area contributed by atoms with Gasteiger partial charge in [-0.05, 0) is 25.8 Å². The molecule has 1 aromatic carbocycles. The fraction of sp³-hybridized carbons (Fsp3) is 0.500. The molecule has 1 unspecified atom stereocenters. The highest BCUT2D eigenvalue weighted by atomic mass is 35.5. The molecule has 1 atom stereocenters. The molecule has 7 nitrogen and oxygen atoms in total. The van der Waals surface area contributed by atoms with Gasteiger partial charge in [-0.2, -0.15) is 4.31 Å². The summed E-state index contributed by atoms with van der Waals surface area (Å²) in [6.45, 7) is 1.64. The average Bonchev–Trinajstić information content (AvgIpc) is 2.41. The van der Waals surface area contributed by atoms with E-state index in [1.165, 1.54) is 6.92 Å². The van der Waals surface area contributed by atoms with Gasteiger partial charge in [-0.3, -0.25) is 10.1 Å². The first-order valence-electron chi connectivity index (χ1n) is 6.43. The summed E-state index contributed by atoms with van der Waals surface area (Å²) in [4.78, 5) is 9.69. The van der Waals surface area contributed by atoms with Crippen LogP contribution in [0, 0.1) is 22.9 Å². The minimum Gasteiger partial charge on any atom is -0.327 e. The van der Waals surface area contributed by atoms with Gasteiger partial charge in [0, 0.05) is 25.2 Å². The van der Waals surface area contributed by atoms with Gasteiger partial charge in [0.25, 0.3) is 5.69 Å². The lowest BCUT2D eigenvalue weighted by atomic mass is 10.1. The van der Waals surface area contributed by atoms with E-state index in [2.05, 4.69) is 0 Å². The van der Waals surface area contributed by atoms with Crippen molar-refractivity contribution in [3.05, 3.63) is 33.6 Å². The second-order valence-electron chi connectivity index (χ2n) is 5.07. The average molecular weight is 354 g/mol. The number of piperidine rings is 1. The molecule has 0 aliphatic carbocycles. The lowest BCUT2D eigenvalue weighted by Gasteiger charge is -2.29. The normalized spacial score (nSPS) is 19.5. The number of hydrogen-bond donors (Lipinski definition) is 1. The zero-order valence-corrected chi connectivity index (χ0v) is 13.5. The van der Waals surface area contributed by atoms with E-state index >= 15 is 0 Å². The summed E-state index contributed by atoms with van der Waals surface area (Å²) in [6, 6.07) is 1.44. The van der Waals surface area contributed by atoms with Gasteiger partial charge >= 0.3 is 0 Å². The topological polar surface area (TPSA) is 107 Å². The van der Waals surface area contributed by atoms with Gasteiger partial charge in [0.15, 0.2) is 0 Å². The van der Waals surface area contributed by atoms with Crippen molar-refractivity contribution >= 4 is 28.1 Å². The number of nitro groups is 1. The molecule has 22 heavy (non-hydrogen) atoms. The third kappa shape index (κ3) is 3.54. The van der Waals surface area contributed by atoms with Gasteiger partial charge in [-0.15, -0.1) is 12.4 Å². The number of nitrogens with two attached hydrogens (primary N) is 1. The molecule has 0 spiro atoms. The predicted octanol–water partition coefficient (Wildman–Crippen LogP) is 1.58. The van der Waals surface area contributed by atoms with Crippen LogP contribution < -0.4 is 5.73 Å². The lowest BCUT2D eigenvalue weighted by Crippen LogP contribution is -2.45. The van der Waals surface area contributed by atoms with Crippen LogP contribution in [0.2, 0.25) is 0 Å². The monoisotopic (exact) mass is 353 g/mol. The maximum Gasteiger partial charge on any atom is 0.276 e. The first-order valence-corrected chi connectivity index (χ1v) is 7.87. The highest BCUT2D eigenvalue weighted by Gasteiger charge is 2.31. The fourth-order valence-corrected chi connectivity index (χ4v) is 3.89. The number of hydrogen-bond acceptors (Lipinski definition) is 5. The molecular weight excluding hydrogens is 337 g/mol. The molecule has 0 aromatic heterocycles. The Labute approximate surface area is 133 Å². The molecule has 2 N–H and O–H groups in total. The molecular formula is C12H17ClFN3O4S. The molecule has 0 bridgehead atoms. The predicted molar refractivity (Wildman–Crippen MR) is 81.0 cm³/mol. The Morgan fingerprint density at radius 3 is 2.64 bits per heavy atom. The highest BCUT2D eigenvalue weighted by molar-refractivity contribution is 7.89. The first-order chi connectivity index (χ1) is 9.73. The Morgan fingerprint density at radius 2 is 2.09 bits per heavy atom. The van der Waals surface area contributed by atoms with Crippen LogP contribution in [0.1, 0.15) is 18.4 Å². The van der Waals surface area contributed by atoms with Gasteiger partial charge in [0.2, 0.25) is 10.0 Å². The van der Waals surface area contributed by atoms with Crippen LogP contribution in [0.25, 0.3) is 0 Å². The second-order valence-corrected chi connectivity index (χ2v) is 7.01. The second kappa shape index (κ2) is 6.86. The summed E-state index contributed by atoms with van der Waals surface area (Å²) < 4.78 is 39.8. The maximum atomic E-state index is 13.8. The summed E-state index contributed by atoms with van der Waals surface area (Å²) in [5.74, 6) is -0.913. The Morgan fingerprint density at radius 1 is 1.45 bits per heavy atom. The molecule has 1 fully saturated rings. The number of benzene rings is 1. The van der Waals surface area contributed by atoms with Crippen molar-refractivity contribution < 1.29 is 17.7 Å². The van der Waals surface area contributed by atoms with Gasteiger partial charge in [0.1, 0.15) is 5.82 Å². The van der Waals surface area contributed by atoms with E-state index in [0.29, 0.717) is 12.8 Å². The molecule has 124 valence electrons. The third-order valence-corrected chi connectivity index (χ3v) is 5.39. The van der Waals surface area contributed by atoms with Crippen molar-refractivity contribution in [3.8, 4) is 0 Å². The maximum absolute atomic E-state index is 13.8. The molecule has 0 saturated carbocycles. The van der Waals surface area contributed by atoms with Crippen molar-refractivity contribution in [2.24, 2.45) is 5.73 Å². The molecule has 1 aromatic rings. The Hall–Kier alpha value is -1.29. The van der Waals surface area contributed by atoms with Crippen LogP contribution in [-0.2, 0) is 10.0 Å². The molecule has 0 radical (unpaired) electrons. The highest BCUT2D eigenvalue weighted by Crippen LogP contribution is 2.28. The Balaban J connectivity index is 0.00000242. The molecule has 2 rings (SSSR count). The van der Waals surface area contributed by atoms with Crippen LogP contribution in [0.4, 0.5) is 10.1 Å². The molecule has 1 heterocycles. The SMILES string of the molecule is Cc1c(F)cc(S(=O)(=O)N2CCCC(N)C2)cc1[N+](=O)[O-].Cl. The minimum atomic E-state index is -3.98. The summed E-state index contributed by atoms with van der Waals surface area (Å²) in [5, 5.41) is 10.9. The summed E-state index contributed by atoms with van der Waals surface area (Å²) in [5.41, 5.74) is 5.01. The zero-order valence-electron chi connectivity index (χ0n) is 11.9. The van der Waals surface area contributed by atoms with E-state index in [4.69, 9.17) is 5.73 Å². The van der Waals surface area contributed by atoms with E-state index in [-0.39, 0.29) is 37.1 Å². The molecule has 1 saturated heterocycles. The van der Waals surface area contributed by atoms with Gasteiger partial charge in [-0.25, -0.2) is 12.8 Å². The van der Waals surface area contributed by atoms with Gasteiger partial charge < -0.3 is 5.73 Å². The lowest BCUT2D eigenvalue weighted by molar-refractivity contribution is -0.385. The van der Waals surface area contributed by atoms with Gasteiger partial charge in [0.05, 0.1) is 15.4 Å². The van der Waals surface area contributed by atoms with Crippen molar-refractivity contribution in [2.75, 3.05) is 13.1 Å². The van der Waals surface area contributed by atoms with E-state index in [1.54, 1.807) is 0 Å². The van der Waals surface area contributed by atoms with E-state index in [0.717, 1.165) is 16.4 Å². The molecule has 10 heteroatoms. The summed E-state index contributed by atoms with van der Waals surface area (Å²) in [7, 11) is -3.98. The van der Waals surface area contributed by atoms with Crippen molar-refractivity contribution in [2.45, 2.75) is 30.7 Å². The Bertz CT molecular complexity index is 683.